The average molecular weight is 549 g/mol. The Morgan fingerprint density at radius 2 is 1.72 bits per heavy atom. The second-order valence-electron chi connectivity index (χ2n) is 7.19. The summed E-state index contributed by atoms with van der Waals surface area (Å²) in [7, 11) is 0. The summed E-state index contributed by atoms with van der Waals surface area (Å²) >= 11 is 21.0. The summed E-state index contributed by atoms with van der Waals surface area (Å²) < 4.78 is 3.04. The molecule has 2 heterocycles. The molecule has 3 aromatic rings. The zero-order valence-corrected chi connectivity index (χ0v) is 20.9. The van der Waals surface area contributed by atoms with Crippen LogP contribution in [-0.4, -0.2) is 21.5 Å². The lowest BCUT2D eigenvalue weighted by atomic mass is 10.1. The summed E-state index contributed by atoms with van der Waals surface area (Å²) in [5.74, 6) is -1.12. The number of thiocarbonyl (C=S) groups is 1. The van der Waals surface area contributed by atoms with Crippen molar-refractivity contribution in [2.24, 2.45) is 0 Å². The third-order valence-corrected chi connectivity index (χ3v) is 6.46. The van der Waals surface area contributed by atoms with Crippen LogP contribution in [0, 0.1) is 13.8 Å². The molecule has 9 heteroatoms. The number of rotatable bonds is 3. The van der Waals surface area contributed by atoms with Crippen LogP contribution in [0.25, 0.3) is 11.8 Å². The van der Waals surface area contributed by atoms with Crippen molar-refractivity contribution in [3.63, 3.8) is 0 Å². The predicted octanol–water partition coefficient (Wildman–Crippen LogP) is 5.99. The van der Waals surface area contributed by atoms with Gasteiger partial charge in [0.25, 0.3) is 11.8 Å². The number of nitrogens with one attached hydrogen (secondary N) is 1. The van der Waals surface area contributed by atoms with Crippen molar-refractivity contribution < 1.29 is 9.59 Å². The third kappa shape index (κ3) is 4.13. The van der Waals surface area contributed by atoms with E-state index in [4.69, 9.17) is 35.4 Å². The Hall–Kier alpha value is -2.45. The van der Waals surface area contributed by atoms with Gasteiger partial charge < -0.3 is 4.57 Å². The molecular weight excluding hydrogens is 533 g/mol. The Morgan fingerprint density at radius 1 is 1.03 bits per heavy atom. The molecular formula is C23H16BrCl2N3O2S. The van der Waals surface area contributed by atoms with Crippen LogP contribution in [0.15, 0.2) is 58.6 Å². The van der Waals surface area contributed by atoms with Crippen LogP contribution in [0.5, 0.6) is 0 Å². The summed E-state index contributed by atoms with van der Waals surface area (Å²) in [6.07, 6.45) is 1.58. The van der Waals surface area contributed by atoms with E-state index in [0.29, 0.717) is 10.7 Å². The van der Waals surface area contributed by atoms with Crippen LogP contribution in [0.3, 0.4) is 0 Å². The maximum absolute atomic E-state index is 13.3. The first-order valence-corrected chi connectivity index (χ1v) is 11.4. The second kappa shape index (κ2) is 8.83. The number of aryl methyl sites for hydroxylation is 1. The van der Waals surface area contributed by atoms with Crippen molar-refractivity contribution in [2.75, 3.05) is 4.90 Å². The van der Waals surface area contributed by atoms with Crippen LogP contribution < -0.4 is 10.2 Å². The molecule has 1 aromatic heterocycles. The molecule has 2 aromatic carbocycles. The zero-order chi connectivity index (χ0) is 23.2. The van der Waals surface area contributed by atoms with Crippen molar-refractivity contribution in [1.82, 2.24) is 9.88 Å². The molecule has 162 valence electrons. The number of hydrogen-bond acceptors (Lipinski definition) is 3. The van der Waals surface area contributed by atoms with Gasteiger partial charge >= 0.3 is 0 Å². The van der Waals surface area contributed by atoms with Crippen LogP contribution >= 0.6 is 51.3 Å². The van der Waals surface area contributed by atoms with Crippen LogP contribution in [0.2, 0.25) is 10.0 Å². The van der Waals surface area contributed by atoms with Gasteiger partial charge in [0.05, 0.1) is 10.7 Å². The highest BCUT2D eigenvalue weighted by Gasteiger charge is 2.35. The van der Waals surface area contributed by atoms with E-state index in [2.05, 4.69) is 25.8 Å². The molecule has 1 fully saturated rings. The lowest BCUT2D eigenvalue weighted by Gasteiger charge is -2.29. The van der Waals surface area contributed by atoms with E-state index < -0.39 is 11.8 Å². The Morgan fingerprint density at radius 3 is 2.38 bits per heavy atom. The van der Waals surface area contributed by atoms with E-state index in [9.17, 15) is 9.59 Å². The Bertz CT molecular complexity index is 1320. The maximum atomic E-state index is 13.3. The molecule has 0 aliphatic carbocycles. The zero-order valence-electron chi connectivity index (χ0n) is 16.9. The molecule has 1 aliphatic rings. The molecule has 0 bridgehead atoms. The van der Waals surface area contributed by atoms with Crippen molar-refractivity contribution in [2.45, 2.75) is 13.8 Å². The highest BCUT2D eigenvalue weighted by molar-refractivity contribution is 9.10. The molecule has 5 nitrogen and oxygen atoms in total. The van der Waals surface area contributed by atoms with Crippen molar-refractivity contribution in [1.29, 1.82) is 0 Å². The molecule has 2 amide bonds. The molecule has 1 aliphatic heterocycles. The molecule has 4 rings (SSSR count). The average Bonchev–Trinajstić information content (AvgIpc) is 3.00. The Kier molecular flexibility index (Phi) is 6.27. The predicted molar refractivity (Wildman–Crippen MR) is 136 cm³/mol. The first-order valence-electron chi connectivity index (χ1n) is 9.49. The van der Waals surface area contributed by atoms with Crippen LogP contribution in [0.1, 0.15) is 17.0 Å². The monoisotopic (exact) mass is 547 g/mol. The SMILES string of the molecule is Cc1cc(C=C2C(=O)NC(=S)N(c3ccc(Cl)cc3Cl)C2=O)c(C)n1-c1ccc(Br)cc1. The normalized spacial score (nSPS) is 15.5. The highest BCUT2D eigenvalue weighted by Crippen LogP contribution is 2.32. The summed E-state index contributed by atoms with van der Waals surface area (Å²) in [6, 6.07) is 14.5. The van der Waals surface area contributed by atoms with Crippen LogP contribution in [0.4, 0.5) is 5.69 Å². The Balaban J connectivity index is 1.77. The van der Waals surface area contributed by atoms with Gasteiger partial charge in [-0.3, -0.25) is 19.8 Å². The molecule has 0 unspecified atom stereocenters. The van der Waals surface area contributed by atoms with Gasteiger partial charge in [-0.2, -0.15) is 0 Å². The van der Waals surface area contributed by atoms with E-state index in [-0.39, 0.29) is 15.7 Å². The summed E-state index contributed by atoms with van der Waals surface area (Å²) in [4.78, 5) is 27.2. The van der Waals surface area contributed by atoms with Gasteiger partial charge in [0.15, 0.2) is 5.11 Å². The number of carbonyl (C=O) groups is 2. The van der Waals surface area contributed by atoms with Crippen molar-refractivity contribution in [3.05, 3.63) is 85.6 Å². The fraction of sp³-hybridized carbons (Fsp3) is 0.0870. The number of carbonyl (C=O) groups excluding carboxylic acids is 2. The number of aromatic nitrogens is 1. The summed E-state index contributed by atoms with van der Waals surface area (Å²) in [6.45, 7) is 3.90. The van der Waals surface area contributed by atoms with Crippen molar-refractivity contribution in [3.8, 4) is 5.69 Å². The number of hydrogen-bond donors (Lipinski definition) is 1. The quantitative estimate of drug-likeness (QED) is 0.248. The van der Waals surface area contributed by atoms with Crippen molar-refractivity contribution >= 4 is 80.0 Å². The van der Waals surface area contributed by atoms with Gasteiger partial charge in [0, 0.05) is 26.6 Å². The number of amides is 2. The lowest BCUT2D eigenvalue weighted by Crippen LogP contribution is -2.54. The fourth-order valence-electron chi connectivity index (χ4n) is 3.62. The van der Waals surface area contributed by atoms with E-state index in [1.807, 2.05) is 44.2 Å². The largest absolute Gasteiger partial charge is 0.318 e. The minimum absolute atomic E-state index is 0.0401. The van der Waals surface area contributed by atoms with Gasteiger partial charge in [-0.15, -0.1) is 0 Å². The lowest BCUT2D eigenvalue weighted by molar-refractivity contribution is -0.122. The first-order chi connectivity index (χ1) is 15.2. The van der Waals surface area contributed by atoms with Gasteiger partial charge in [0.1, 0.15) is 5.57 Å². The number of benzene rings is 2. The second-order valence-corrected chi connectivity index (χ2v) is 9.34. The topological polar surface area (TPSA) is 54.3 Å². The highest BCUT2D eigenvalue weighted by atomic mass is 79.9. The molecule has 1 N–H and O–H groups in total. The molecule has 1 saturated heterocycles. The molecule has 32 heavy (non-hydrogen) atoms. The van der Waals surface area contributed by atoms with E-state index in [0.717, 1.165) is 27.1 Å². The molecule has 0 atom stereocenters. The molecule has 0 radical (unpaired) electrons. The number of anilines is 1. The molecule has 0 spiro atoms. The van der Waals surface area contributed by atoms with E-state index in [1.165, 1.54) is 11.0 Å². The smallest absolute Gasteiger partial charge is 0.270 e. The van der Waals surface area contributed by atoms with E-state index in [1.54, 1.807) is 18.2 Å². The number of halogens is 3. The minimum atomic E-state index is -0.560. The van der Waals surface area contributed by atoms with Gasteiger partial charge in [-0.25, -0.2) is 0 Å². The fourth-order valence-corrected chi connectivity index (χ4v) is 4.65. The minimum Gasteiger partial charge on any atom is -0.318 e. The third-order valence-electron chi connectivity index (χ3n) is 5.11. The summed E-state index contributed by atoms with van der Waals surface area (Å²) in [5.41, 5.74) is 3.88. The van der Waals surface area contributed by atoms with Gasteiger partial charge in [-0.1, -0.05) is 39.1 Å². The standard InChI is InChI=1S/C23H16BrCl2N3O2S/c1-12-9-14(13(2)28(12)17-6-3-15(24)4-7-17)10-18-21(30)27-23(32)29(22(18)31)20-8-5-16(25)11-19(20)26/h3-11H,1-2H3,(H,27,30,32). The number of nitrogens with zero attached hydrogens (tertiary/aromatic N) is 2. The maximum Gasteiger partial charge on any atom is 0.270 e. The summed E-state index contributed by atoms with van der Waals surface area (Å²) in [5, 5.41) is 3.21. The molecule has 0 saturated carbocycles. The van der Waals surface area contributed by atoms with E-state index >= 15 is 0 Å². The Labute approximate surface area is 208 Å². The van der Waals surface area contributed by atoms with Gasteiger partial charge in [-0.05, 0) is 86.2 Å². The van der Waals surface area contributed by atoms with Crippen LogP contribution in [-0.2, 0) is 9.59 Å². The first kappa shape index (κ1) is 22.7. The van der Waals surface area contributed by atoms with Gasteiger partial charge in [0.2, 0.25) is 0 Å².